The van der Waals surface area contributed by atoms with Crippen molar-refractivity contribution in [2.75, 3.05) is 38.9 Å². The number of nitrogens with zero attached hydrogens (tertiary/aromatic N) is 7. The molecule has 0 radical (unpaired) electrons. The van der Waals surface area contributed by atoms with Crippen molar-refractivity contribution in [3.05, 3.63) is 29.3 Å². The molecule has 4 aromatic rings. The number of H-pyrrole nitrogens is 1. The van der Waals surface area contributed by atoms with Crippen LogP contribution in [0.3, 0.4) is 0 Å². The number of nitrogen functional groups attached to an aromatic ring is 2. The molecule has 7 heterocycles. The van der Waals surface area contributed by atoms with Crippen LogP contribution in [0.2, 0.25) is 0 Å². The van der Waals surface area contributed by atoms with E-state index in [4.69, 9.17) is 48.1 Å². The van der Waals surface area contributed by atoms with E-state index in [0.717, 1.165) is 14.2 Å². The molecule has 3 fully saturated rings. The van der Waals surface area contributed by atoms with Crippen molar-refractivity contribution in [1.29, 1.82) is 0 Å². The van der Waals surface area contributed by atoms with Gasteiger partial charge in [0.15, 0.2) is 35.1 Å². The van der Waals surface area contributed by atoms with Crippen molar-refractivity contribution in [3.8, 4) is 0 Å². The summed E-state index contributed by atoms with van der Waals surface area (Å²) < 4.78 is 75.0. The summed E-state index contributed by atoms with van der Waals surface area (Å²) in [5.41, 5.74) is 11.2. The lowest BCUT2D eigenvalue weighted by molar-refractivity contribution is -0.0690. The Labute approximate surface area is 262 Å². The van der Waals surface area contributed by atoms with Gasteiger partial charge in [-0.1, -0.05) is 0 Å². The Morgan fingerprint density at radius 1 is 0.851 bits per heavy atom. The first-order chi connectivity index (χ1) is 22.4. The van der Waals surface area contributed by atoms with Gasteiger partial charge < -0.3 is 31.2 Å². The zero-order valence-corrected chi connectivity index (χ0v) is 26.1. The van der Waals surface area contributed by atoms with Crippen molar-refractivity contribution >= 4 is 49.7 Å². The number of nitrogens with two attached hydrogens (primary N) is 2. The molecular formula is C22H28N10O13P2. The number of ether oxygens (including phenoxy) is 2. The van der Waals surface area contributed by atoms with Gasteiger partial charge in [-0.05, 0) is 0 Å². The first-order valence-electron chi connectivity index (χ1n) is 13.7. The number of nitrogens with one attached hydrogen (secondary N) is 1. The van der Waals surface area contributed by atoms with E-state index < -0.39 is 83.5 Å². The molecule has 23 nitrogen and oxygen atoms in total. The highest BCUT2D eigenvalue weighted by atomic mass is 31.2. The lowest BCUT2D eigenvalue weighted by atomic mass is 10.1. The molecule has 2 bridgehead atoms. The summed E-state index contributed by atoms with van der Waals surface area (Å²) >= 11 is 0. The topological polar surface area (TPSA) is 308 Å². The fourth-order valence-electron chi connectivity index (χ4n) is 5.47. The summed E-state index contributed by atoms with van der Waals surface area (Å²) in [7, 11) is -7.05. The zero-order chi connectivity index (χ0) is 33.2. The number of aromatic amines is 1. The predicted molar refractivity (Wildman–Crippen MR) is 153 cm³/mol. The number of rotatable bonds is 4. The van der Waals surface area contributed by atoms with Gasteiger partial charge >= 0.3 is 15.6 Å². The highest BCUT2D eigenvalue weighted by Crippen LogP contribution is 2.57. The van der Waals surface area contributed by atoms with Crippen LogP contribution in [0.4, 0.5) is 11.8 Å². The maximum Gasteiger partial charge on any atom is 0.475 e. The Balaban J connectivity index is 1.24. The Morgan fingerprint density at radius 2 is 1.47 bits per heavy atom. The molecule has 0 spiro atoms. The minimum Gasteiger partial charge on any atom is -0.387 e. The van der Waals surface area contributed by atoms with Gasteiger partial charge in [-0.2, -0.15) is 4.98 Å². The monoisotopic (exact) mass is 702 g/mol. The van der Waals surface area contributed by atoms with Gasteiger partial charge in [-0.3, -0.25) is 46.1 Å². The number of hydrogen-bond acceptors (Lipinski definition) is 20. The van der Waals surface area contributed by atoms with Crippen LogP contribution in [0.1, 0.15) is 12.5 Å². The second kappa shape index (κ2) is 11.9. The number of anilines is 2. The fraction of sp³-hybridized carbons (Fsp3) is 0.545. The van der Waals surface area contributed by atoms with Gasteiger partial charge in [-0.25, -0.2) is 29.1 Å². The maximum atomic E-state index is 13.9. The molecule has 254 valence electrons. The van der Waals surface area contributed by atoms with E-state index in [-0.39, 0.29) is 34.1 Å². The molecule has 25 heteroatoms. The van der Waals surface area contributed by atoms with Crippen LogP contribution >= 0.6 is 15.6 Å². The van der Waals surface area contributed by atoms with Gasteiger partial charge in [0.05, 0.1) is 25.9 Å². The molecule has 3 aliphatic rings. The Morgan fingerprint density at radius 3 is 2.17 bits per heavy atom. The number of imidazole rings is 2. The van der Waals surface area contributed by atoms with E-state index in [9.17, 15) is 24.1 Å². The molecular weight excluding hydrogens is 674 g/mol. The molecule has 7 N–H and O–H groups in total. The highest BCUT2D eigenvalue weighted by Gasteiger charge is 2.54. The number of fused-ring (bicyclic) bond motifs is 5. The van der Waals surface area contributed by atoms with Crippen LogP contribution < -0.4 is 17.0 Å². The molecule has 47 heavy (non-hydrogen) atoms. The Bertz CT molecular complexity index is 1970. The Hall–Kier alpha value is -3.44. The Kier molecular flexibility index (Phi) is 8.14. The molecule has 4 aromatic heterocycles. The lowest BCUT2D eigenvalue weighted by Gasteiger charge is -2.27. The van der Waals surface area contributed by atoms with Gasteiger partial charge in [0.1, 0.15) is 48.5 Å². The van der Waals surface area contributed by atoms with Crippen LogP contribution in [0.15, 0.2) is 23.8 Å². The van der Waals surface area contributed by atoms with E-state index >= 15 is 0 Å². The first kappa shape index (κ1) is 32.1. The average molecular weight is 702 g/mol. The third-order valence-electron chi connectivity index (χ3n) is 7.75. The summed E-state index contributed by atoms with van der Waals surface area (Å²) in [6.07, 6.45) is -7.88. The number of aliphatic hydroxyl groups is 2. The number of hydrogen-bond donors (Lipinski definition) is 5. The minimum absolute atomic E-state index is 0.0464. The number of aliphatic hydroxyl groups excluding tert-OH is 2. The van der Waals surface area contributed by atoms with Crippen molar-refractivity contribution in [2.24, 2.45) is 0 Å². The third-order valence-corrected chi connectivity index (χ3v) is 10.6. The smallest absolute Gasteiger partial charge is 0.387 e. The molecule has 7 rings (SSSR count). The predicted octanol–water partition coefficient (Wildman–Crippen LogP) is -1.03. The van der Waals surface area contributed by atoms with E-state index in [2.05, 4.69) is 29.9 Å². The van der Waals surface area contributed by atoms with Crippen molar-refractivity contribution in [2.45, 2.75) is 49.1 Å². The van der Waals surface area contributed by atoms with Crippen molar-refractivity contribution in [1.82, 2.24) is 39.0 Å². The average Bonchev–Trinajstić information content (AvgIpc) is 3.81. The summed E-state index contributed by atoms with van der Waals surface area (Å²) in [5, 5.41) is 22.6. The summed E-state index contributed by atoms with van der Waals surface area (Å²) in [6, 6.07) is 0. The number of phosphoric ester groups is 2. The first-order valence-corrected chi connectivity index (χ1v) is 16.7. The molecule has 0 amide bonds. The number of aromatic nitrogens is 8. The van der Waals surface area contributed by atoms with Crippen LogP contribution in [0.5, 0.6) is 0 Å². The van der Waals surface area contributed by atoms with E-state index in [0.29, 0.717) is 0 Å². The highest BCUT2D eigenvalue weighted by molar-refractivity contribution is 7.48. The van der Waals surface area contributed by atoms with Crippen LogP contribution in [0.25, 0.3) is 22.3 Å². The molecule has 0 saturated carbocycles. The molecule has 0 aromatic carbocycles. The molecule has 10 atom stereocenters. The molecule has 3 saturated heterocycles. The number of phosphoric acid groups is 2. The quantitative estimate of drug-likeness (QED) is 0.159. The van der Waals surface area contributed by atoms with Gasteiger partial charge in [0.2, 0.25) is 5.95 Å². The van der Waals surface area contributed by atoms with Gasteiger partial charge in [0, 0.05) is 14.2 Å². The van der Waals surface area contributed by atoms with Crippen molar-refractivity contribution < 1.29 is 56.0 Å². The standard InChI is InChI=1S/C22H28N10O13P2/c1-38-46(36)40-3-8-12(33)15(21(42-8)31-6-27-10-16(23)25-5-26-17(10)31)45-47(37,39-2)41-4-9-14(44-46)13(34)20(43-9)32-7-28-11-18(32)29-22(24)30-19(11)35/h5-9,12-15,20-21,33-34H,3-4H2,1-2H3,(H2,23,25,26)(H3,24,29,30,35)/t8-,9-,12+,13+,14+,15+,20-,21-,46?,47?/m1/s1. The van der Waals surface area contributed by atoms with Crippen LogP contribution in [0, 0.1) is 0 Å². The van der Waals surface area contributed by atoms with Gasteiger partial charge in [-0.15, -0.1) is 0 Å². The molecule has 0 aliphatic carbocycles. The summed E-state index contributed by atoms with van der Waals surface area (Å²) in [4.78, 5) is 35.0. The normalized spacial score (nSPS) is 36.6. The second-order valence-corrected chi connectivity index (χ2v) is 13.9. The maximum absolute atomic E-state index is 13.9. The SMILES string of the molecule is COP1(=O)OC[C@H]2O[C@@H](n3cnc4c(N)ncnc43)[C@@H](OP(=O)(OC)OC[C@H]3O[C@@H](n4cnc5c(=O)[nH]c(N)nc54)[C@@H](O)[C@H]3O1)[C@H]2O. The lowest BCUT2D eigenvalue weighted by Crippen LogP contribution is -2.36. The van der Waals surface area contributed by atoms with Crippen molar-refractivity contribution in [3.63, 3.8) is 0 Å². The van der Waals surface area contributed by atoms with E-state index in [1.54, 1.807) is 0 Å². The molecule has 2 unspecified atom stereocenters. The minimum atomic E-state index is -4.58. The van der Waals surface area contributed by atoms with E-state index in [1.807, 2.05) is 0 Å². The largest absolute Gasteiger partial charge is 0.475 e. The fourth-order valence-corrected chi connectivity index (χ4v) is 7.72. The summed E-state index contributed by atoms with van der Waals surface area (Å²) in [5.74, 6) is -0.163. The summed E-state index contributed by atoms with van der Waals surface area (Å²) in [6.45, 7) is -1.27. The van der Waals surface area contributed by atoms with Crippen LogP contribution in [-0.2, 0) is 45.7 Å². The molecule has 3 aliphatic heterocycles. The van der Waals surface area contributed by atoms with Gasteiger partial charge in [0.25, 0.3) is 5.56 Å². The zero-order valence-electron chi connectivity index (χ0n) is 24.3. The third kappa shape index (κ3) is 5.53. The van der Waals surface area contributed by atoms with E-state index in [1.165, 1.54) is 28.1 Å². The van der Waals surface area contributed by atoms with Crippen LogP contribution in [-0.4, -0.2) is 113 Å². The second-order valence-electron chi connectivity index (χ2n) is 10.5.